The first kappa shape index (κ1) is 14.5. The van der Waals surface area contributed by atoms with Gasteiger partial charge in [0.05, 0.1) is 12.8 Å². The van der Waals surface area contributed by atoms with E-state index in [1.807, 2.05) is 18.0 Å². The molecule has 0 fully saturated rings. The van der Waals surface area contributed by atoms with E-state index >= 15 is 0 Å². The highest BCUT2D eigenvalue weighted by Crippen LogP contribution is 2.26. The van der Waals surface area contributed by atoms with Gasteiger partial charge < -0.3 is 9.64 Å². The highest BCUT2D eigenvalue weighted by atomic mass is 32.1. The summed E-state index contributed by atoms with van der Waals surface area (Å²) < 4.78 is 17.9. The fourth-order valence-corrected chi connectivity index (χ4v) is 2.75. The summed E-state index contributed by atoms with van der Waals surface area (Å²) in [5, 5.41) is 0.701. The van der Waals surface area contributed by atoms with Gasteiger partial charge in [0, 0.05) is 13.6 Å². The third kappa shape index (κ3) is 3.14. The van der Waals surface area contributed by atoms with Crippen molar-refractivity contribution in [3.8, 4) is 0 Å². The summed E-state index contributed by atoms with van der Waals surface area (Å²) in [6.07, 6.45) is 0. The van der Waals surface area contributed by atoms with Gasteiger partial charge in [0.2, 0.25) is 0 Å². The molecule has 20 heavy (non-hydrogen) atoms. The number of carbonyl (C=O) groups is 1. The van der Waals surface area contributed by atoms with E-state index in [0.717, 1.165) is 5.56 Å². The number of halogens is 1. The van der Waals surface area contributed by atoms with Crippen molar-refractivity contribution in [2.75, 3.05) is 19.1 Å². The summed E-state index contributed by atoms with van der Waals surface area (Å²) in [4.78, 5) is 18.3. The van der Waals surface area contributed by atoms with Crippen LogP contribution in [0.2, 0.25) is 0 Å². The fraction of sp³-hybridized carbons (Fsp3) is 0.286. The second-order valence-corrected chi connectivity index (χ2v) is 5.37. The summed E-state index contributed by atoms with van der Waals surface area (Å²) in [6.45, 7) is 2.29. The Hall–Kier alpha value is -1.95. The summed E-state index contributed by atoms with van der Waals surface area (Å²) in [6, 6.07) is 6.41. The highest BCUT2D eigenvalue weighted by molar-refractivity contribution is 7.17. The van der Waals surface area contributed by atoms with E-state index in [2.05, 4.69) is 4.98 Å². The first-order chi connectivity index (χ1) is 9.51. The van der Waals surface area contributed by atoms with Gasteiger partial charge in [-0.1, -0.05) is 23.5 Å². The highest BCUT2D eigenvalue weighted by Gasteiger charge is 2.17. The smallest absolute Gasteiger partial charge is 0.350 e. The SMILES string of the molecule is COC(=O)c1sc(N(C)Cc2cccc(F)c2)nc1C. The minimum absolute atomic E-state index is 0.263. The number of aromatic nitrogens is 1. The lowest BCUT2D eigenvalue weighted by Gasteiger charge is -2.15. The molecule has 2 aromatic rings. The average Bonchev–Trinajstić information content (AvgIpc) is 2.80. The van der Waals surface area contributed by atoms with E-state index in [4.69, 9.17) is 4.74 Å². The number of nitrogens with zero attached hydrogens (tertiary/aromatic N) is 2. The number of benzene rings is 1. The second-order valence-electron chi connectivity index (χ2n) is 4.39. The number of hydrogen-bond donors (Lipinski definition) is 0. The number of ether oxygens (including phenoxy) is 1. The van der Waals surface area contributed by atoms with Crippen molar-refractivity contribution < 1.29 is 13.9 Å². The number of anilines is 1. The number of esters is 1. The van der Waals surface area contributed by atoms with Gasteiger partial charge in [-0.2, -0.15) is 0 Å². The summed E-state index contributed by atoms with van der Waals surface area (Å²) in [5.41, 5.74) is 1.49. The number of hydrogen-bond acceptors (Lipinski definition) is 5. The van der Waals surface area contributed by atoms with Gasteiger partial charge in [-0.25, -0.2) is 14.2 Å². The molecule has 1 heterocycles. The zero-order valence-corrected chi connectivity index (χ0v) is 12.3. The molecule has 1 aromatic heterocycles. The van der Waals surface area contributed by atoms with E-state index in [-0.39, 0.29) is 11.8 Å². The molecule has 0 spiro atoms. The van der Waals surface area contributed by atoms with Gasteiger partial charge >= 0.3 is 5.97 Å². The Bertz CT molecular complexity index is 627. The molecule has 0 atom stereocenters. The minimum atomic E-state index is -0.384. The first-order valence-electron chi connectivity index (χ1n) is 6.02. The van der Waals surface area contributed by atoms with Crippen LogP contribution in [0.5, 0.6) is 0 Å². The van der Waals surface area contributed by atoms with Crippen LogP contribution in [0.25, 0.3) is 0 Å². The Labute approximate surface area is 120 Å². The Kier molecular flexibility index (Phi) is 4.34. The second kappa shape index (κ2) is 6.00. The molecule has 0 aliphatic rings. The summed E-state index contributed by atoms with van der Waals surface area (Å²) >= 11 is 1.27. The van der Waals surface area contributed by atoms with Crippen LogP contribution in [0.1, 0.15) is 20.9 Å². The van der Waals surface area contributed by atoms with Crippen LogP contribution < -0.4 is 4.90 Å². The van der Waals surface area contributed by atoms with E-state index in [9.17, 15) is 9.18 Å². The summed E-state index contributed by atoms with van der Waals surface area (Å²) in [5.74, 6) is -0.646. The molecule has 0 N–H and O–H groups in total. The number of carbonyl (C=O) groups excluding carboxylic acids is 1. The third-order valence-electron chi connectivity index (χ3n) is 2.79. The van der Waals surface area contributed by atoms with Crippen LogP contribution in [0.4, 0.5) is 9.52 Å². The molecule has 0 radical (unpaired) electrons. The maximum atomic E-state index is 13.1. The van der Waals surface area contributed by atoms with Crippen molar-refractivity contribution in [1.29, 1.82) is 0 Å². The molecule has 0 saturated carbocycles. The molecule has 0 saturated heterocycles. The van der Waals surface area contributed by atoms with Gasteiger partial charge in [0.25, 0.3) is 0 Å². The molecule has 6 heteroatoms. The Morgan fingerprint density at radius 2 is 2.25 bits per heavy atom. The van der Waals surface area contributed by atoms with Crippen LogP contribution in [-0.4, -0.2) is 25.1 Å². The maximum Gasteiger partial charge on any atom is 0.350 e. The Balaban J connectivity index is 2.17. The summed E-state index contributed by atoms with van der Waals surface area (Å²) in [7, 11) is 3.20. The van der Waals surface area contributed by atoms with Gasteiger partial charge in [-0.05, 0) is 24.6 Å². The predicted molar refractivity (Wildman–Crippen MR) is 76.7 cm³/mol. The number of aryl methyl sites for hydroxylation is 1. The standard InChI is InChI=1S/C14H15FN2O2S/c1-9-12(13(18)19-3)20-14(16-9)17(2)8-10-5-4-6-11(15)7-10/h4-7H,8H2,1-3H3. The molecule has 2 rings (SSSR count). The zero-order valence-electron chi connectivity index (χ0n) is 11.5. The van der Waals surface area contributed by atoms with Gasteiger partial charge in [0.15, 0.2) is 5.13 Å². The van der Waals surface area contributed by atoms with Crippen LogP contribution in [0.3, 0.4) is 0 Å². The zero-order chi connectivity index (χ0) is 14.7. The van der Waals surface area contributed by atoms with Crippen molar-refractivity contribution in [2.45, 2.75) is 13.5 Å². The van der Waals surface area contributed by atoms with E-state index in [0.29, 0.717) is 22.2 Å². The molecule has 0 aliphatic heterocycles. The Morgan fingerprint density at radius 3 is 2.90 bits per heavy atom. The monoisotopic (exact) mass is 294 g/mol. The molecule has 106 valence electrons. The first-order valence-corrected chi connectivity index (χ1v) is 6.84. The van der Waals surface area contributed by atoms with E-state index < -0.39 is 0 Å². The normalized spacial score (nSPS) is 10.4. The van der Waals surface area contributed by atoms with Crippen molar-refractivity contribution in [3.05, 3.63) is 46.2 Å². The van der Waals surface area contributed by atoms with Crippen LogP contribution in [0.15, 0.2) is 24.3 Å². The minimum Gasteiger partial charge on any atom is -0.465 e. The lowest BCUT2D eigenvalue weighted by Crippen LogP contribution is -2.16. The van der Waals surface area contributed by atoms with E-state index in [1.54, 1.807) is 13.0 Å². The molecule has 0 bridgehead atoms. The molecule has 1 aromatic carbocycles. The number of methoxy groups -OCH3 is 1. The molecular formula is C14H15FN2O2S. The Morgan fingerprint density at radius 1 is 1.50 bits per heavy atom. The third-order valence-corrected chi connectivity index (χ3v) is 4.04. The quantitative estimate of drug-likeness (QED) is 0.813. The topological polar surface area (TPSA) is 42.4 Å². The van der Waals surface area contributed by atoms with Crippen molar-refractivity contribution in [3.63, 3.8) is 0 Å². The van der Waals surface area contributed by atoms with Crippen LogP contribution in [-0.2, 0) is 11.3 Å². The lowest BCUT2D eigenvalue weighted by atomic mass is 10.2. The molecule has 0 aliphatic carbocycles. The van der Waals surface area contributed by atoms with Gasteiger partial charge in [-0.3, -0.25) is 0 Å². The average molecular weight is 294 g/mol. The predicted octanol–water partition coefficient (Wildman–Crippen LogP) is 3.01. The van der Waals surface area contributed by atoms with Crippen LogP contribution >= 0.6 is 11.3 Å². The largest absolute Gasteiger partial charge is 0.465 e. The molecule has 0 amide bonds. The van der Waals surface area contributed by atoms with Crippen molar-refractivity contribution >= 4 is 22.4 Å². The van der Waals surface area contributed by atoms with Crippen molar-refractivity contribution in [1.82, 2.24) is 4.98 Å². The van der Waals surface area contributed by atoms with E-state index in [1.165, 1.54) is 30.6 Å². The van der Waals surface area contributed by atoms with Gasteiger partial charge in [0.1, 0.15) is 10.7 Å². The number of rotatable bonds is 4. The fourth-order valence-electron chi connectivity index (χ4n) is 1.80. The van der Waals surface area contributed by atoms with Crippen LogP contribution in [0, 0.1) is 12.7 Å². The molecule has 0 unspecified atom stereocenters. The maximum absolute atomic E-state index is 13.1. The molecular weight excluding hydrogens is 279 g/mol. The van der Waals surface area contributed by atoms with Gasteiger partial charge in [-0.15, -0.1) is 0 Å². The lowest BCUT2D eigenvalue weighted by molar-refractivity contribution is 0.0605. The van der Waals surface area contributed by atoms with Crippen molar-refractivity contribution in [2.24, 2.45) is 0 Å². The number of thiazole rings is 1. The molecule has 4 nitrogen and oxygen atoms in total.